The molecule has 0 aliphatic carbocycles. The summed E-state index contributed by atoms with van der Waals surface area (Å²) in [6, 6.07) is 19.3. The highest BCUT2D eigenvalue weighted by Gasteiger charge is 2.46. The zero-order chi connectivity index (χ0) is 74.9. The fraction of sp³-hybridized carbons (Fsp3) is 0.333. The first-order chi connectivity index (χ1) is 48.2. The highest BCUT2D eigenvalue weighted by Crippen LogP contribution is 2.38. The van der Waals surface area contributed by atoms with Gasteiger partial charge in [0, 0.05) is 59.8 Å². The topological polar surface area (TPSA) is 258 Å². The zero-order valence-electron chi connectivity index (χ0n) is 57.7. The number of nitrogens with zero attached hydrogens (tertiary/aromatic N) is 10. The number of benzene rings is 4. The first-order valence-electron chi connectivity index (χ1n) is 32.4. The van der Waals surface area contributed by atoms with E-state index < -0.39 is 83.5 Å². The van der Waals surface area contributed by atoms with Gasteiger partial charge in [-0.05, 0) is 298 Å². The minimum Gasteiger partial charge on any atom is -0.690 e. The summed E-state index contributed by atoms with van der Waals surface area (Å²) in [4.78, 5) is 38.5. The second-order valence-corrected chi connectivity index (χ2v) is 30.8. The van der Waals surface area contributed by atoms with Crippen molar-refractivity contribution in [1.29, 1.82) is 0 Å². The molecule has 0 unspecified atom stereocenters. The Morgan fingerprint density at radius 1 is 0.539 bits per heavy atom. The zero-order valence-corrected chi connectivity index (χ0v) is 61.6. The number of aromatic nitrogens is 8. The quantitative estimate of drug-likeness (QED) is 0.0377. The third kappa shape index (κ3) is 23.9. The second-order valence-electron chi connectivity index (χ2n) is 25.4. The van der Waals surface area contributed by atoms with E-state index in [9.17, 15) is 16.8 Å². The average molecular weight is 1420 g/mol. The van der Waals surface area contributed by atoms with Gasteiger partial charge < -0.3 is 48.7 Å². The summed E-state index contributed by atoms with van der Waals surface area (Å²) in [7, 11) is 72.3. The van der Waals surface area contributed by atoms with Crippen LogP contribution >= 0.6 is 34.8 Å². The molecule has 4 aromatic heterocycles. The first kappa shape index (κ1) is 84.0. The molecule has 0 atom stereocenters. The summed E-state index contributed by atoms with van der Waals surface area (Å²) >= 11 is 18.3. The monoisotopic (exact) mass is 1420 g/mol. The maximum Gasteiger partial charge on any atom is 0.229 e. The minimum absolute atomic E-state index is 0.0205. The Bertz CT molecular complexity index is 4300. The Hall–Kier alpha value is -5.30. The number of hydrogen-bond donors (Lipinski definition) is 4. The molecule has 0 saturated carbocycles. The Labute approximate surface area is 636 Å². The van der Waals surface area contributed by atoms with Crippen molar-refractivity contribution in [2.75, 3.05) is 88.7 Å². The van der Waals surface area contributed by atoms with Crippen molar-refractivity contribution in [2.24, 2.45) is 0 Å². The molecule has 10 rings (SSSR count). The van der Waals surface area contributed by atoms with Crippen LogP contribution in [0, 0.1) is 0 Å². The number of sulfone groups is 2. The molecule has 0 spiro atoms. The molecular formula is C54H61B23Cl3N14O6S2-. The predicted molar refractivity (Wildman–Crippen MR) is 447 cm³/mol. The van der Waals surface area contributed by atoms with Crippen molar-refractivity contribution in [2.45, 2.75) is 49.0 Å². The molecule has 486 valence electrons. The number of anilines is 7. The lowest BCUT2D eigenvalue weighted by Gasteiger charge is -2.46. The van der Waals surface area contributed by atoms with Crippen molar-refractivity contribution in [3.05, 3.63) is 135 Å². The van der Waals surface area contributed by atoms with Gasteiger partial charge in [-0.3, -0.25) is 27.0 Å². The summed E-state index contributed by atoms with van der Waals surface area (Å²) in [6.45, 7) is 4.52. The number of nitrogen functional groups attached to an aromatic ring is 1. The van der Waals surface area contributed by atoms with Gasteiger partial charge in [0.1, 0.15) is 21.5 Å². The maximum absolute atomic E-state index is 12.2. The highest BCUT2D eigenvalue weighted by molar-refractivity contribution is 8.22. The summed E-state index contributed by atoms with van der Waals surface area (Å²) in [5.41, 5.74) is 14.0. The van der Waals surface area contributed by atoms with Crippen molar-refractivity contribution in [1.82, 2.24) is 49.7 Å². The van der Waals surface area contributed by atoms with Crippen LogP contribution in [-0.2, 0) is 31.2 Å². The molecule has 0 bridgehead atoms. The van der Waals surface area contributed by atoms with Crippen molar-refractivity contribution >= 4 is 281 Å². The SMILES string of the molecule is COc1cc(C2CCN(C)CC2)ccc1N.COc1cc(C2CCN(C)CC2)ccc1Nc1ncc(Cl)c(Nc2ccc3nccnc3c2CS(C)(=O)=O)n1.CS(=O)(=O)Cc1c(Nc2nc(Cl)ncc2Cl)ccc2nccnc12.[B]B([B])B(B([B])[B])B(B(B([B])[B])B([B])[B])B(B([B])[B])B([B])[B][B-]. The number of piperidine rings is 2. The Balaban J connectivity index is 0.000000201. The molecule has 6 heterocycles. The lowest BCUT2D eigenvalue weighted by Crippen LogP contribution is -2.83. The van der Waals surface area contributed by atoms with Gasteiger partial charge in [0.05, 0.1) is 71.6 Å². The summed E-state index contributed by atoms with van der Waals surface area (Å²) in [5, 5.41) is 9.94. The van der Waals surface area contributed by atoms with Crippen molar-refractivity contribution in [3.63, 3.8) is 0 Å². The van der Waals surface area contributed by atoms with Crippen LogP contribution < -0.4 is 31.2 Å². The smallest absolute Gasteiger partial charge is 0.229 e. The van der Waals surface area contributed by atoms with E-state index in [1.54, 1.807) is 50.9 Å². The number of nitrogens with two attached hydrogens (primary N) is 1. The fourth-order valence-corrected chi connectivity index (χ4v) is 14.5. The van der Waals surface area contributed by atoms with Gasteiger partial charge in [0.2, 0.25) is 11.2 Å². The molecule has 20 nitrogen and oxygen atoms in total. The second kappa shape index (κ2) is 38.8. The number of halogens is 3. The van der Waals surface area contributed by atoms with E-state index in [0.717, 1.165) is 49.3 Å². The van der Waals surface area contributed by atoms with E-state index in [1.807, 2.05) is 12.1 Å². The third-order valence-corrected chi connectivity index (χ3v) is 20.0. The minimum atomic E-state index is -3.37. The highest BCUT2D eigenvalue weighted by atomic mass is 35.5. The van der Waals surface area contributed by atoms with Gasteiger partial charge in [0.15, 0.2) is 31.3 Å². The van der Waals surface area contributed by atoms with Gasteiger partial charge in [-0.1, -0.05) is 35.3 Å². The van der Waals surface area contributed by atoms with Crippen LogP contribution in [0.5, 0.6) is 11.5 Å². The number of nitrogens with one attached hydrogen (secondary N) is 3. The van der Waals surface area contributed by atoms with E-state index in [0.29, 0.717) is 73.9 Å². The molecule has 2 aliphatic heterocycles. The van der Waals surface area contributed by atoms with E-state index in [1.165, 1.54) is 75.2 Å². The molecule has 5 N–H and O–H groups in total. The predicted octanol–water partition coefficient (Wildman–Crippen LogP) is 1.27. The van der Waals surface area contributed by atoms with Gasteiger partial charge in [0.25, 0.3) is 0 Å². The van der Waals surface area contributed by atoms with Crippen LogP contribution in [0.2, 0.25) is 15.3 Å². The first-order valence-corrected chi connectivity index (χ1v) is 37.6. The molecule has 2 fully saturated rings. The van der Waals surface area contributed by atoms with Crippen LogP contribution in [0.15, 0.2) is 97.8 Å². The molecular weight excluding hydrogens is 1360 g/mol. The largest absolute Gasteiger partial charge is 0.690 e. The van der Waals surface area contributed by atoms with E-state index in [4.69, 9.17) is 143 Å². The van der Waals surface area contributed by atoms with E-state index in [2.05, 4.69) is 104 Å². The molecule has 102 heavy (non-hydrogen) atoms. The Morgan fingerprint density at radius 2 is 0.941 bits per heavy atom. The van der Waals surface area contributed by atoms with Gasteiger partial charge >= 0.3 is 0 Å². The van der Waals surface area contributed by atoms with Gasteiger partial charge in [-0.25, -0.2) is 26.8 Å². The normalized spacial score (nSPS) is 13.4. The van der Waals surface area contributed by atoms with Crippen LogP contribution in [0.25, 0.3) is 22.1 Å². The van der Waals surface area contributed by atoms with Crippen LogP contribution in [-0.4, -0.2) is 297 Å². The van der Waals surface area contributed by atoms with Gasteiger partial charge in [-0.15, -0.1) is 0 Å². The summed E-state index contributed by atoms with van der Waals surface area (Å²) in [6.07, 6.45) is 7.97. The standard InChI is InChI=1S/C27H30ClN7O3S.C14H11Cl2N5O2S.C13H20N2O.B23/c1-35-12-8-17(9-13-35)18-4-5-22(24(14-18)38-2)33-27-31-15-20(28)26(34-27)32-21-6-7-23-25(30-11-10-29-23)19(21)16-39(3,36)37;1-24(22,23)7-8-10(2-3-11-12(8)18-5-4-17-11)20-13-9(15)6-19-14(16)21-13;1-15-7-5-10(6-8-15)11-3-4-12(14)13(9-11)16-2;1-13-19(12)22(18(10)11)23(20(14(2)3)15(4)5)21(16(6)7)17(8)9/h4-7,10-11,14-15,17H,8-9,12-13,16H2,1-3H3,(H2,31,32,33,34);2-6H,7H2,1H3,(H,19,20,21);3-4,9-10H,5-8,14H2,1-2H3;/q;;;-1. The van der Waals surface area contributed by atoms with Crippen molar-refractivity contribution < 1.29 is 26.3 Å². The van der Waals surface area contributed by atoms with E-state index in [-0.39, 0.29) is 32.7 Å². The molecule has 8 aromatic rings. The molecule has 48 heteroatoms. The number of likely N-dealkylation sites (tertiary alicyclic amines) is 2. The fourth-order valence-electron chi connectivity index (χ4n) is 12.5. The lowest BCUT2D eigenvalue weighted by atomic mass is 8.36. The number of ether oxygens (including phenoxy) is 2. The summed E-state index contributed by atoms with van der Waals surface area (Å²) < 4.78 is 59.0. The Morgan fingerprint density at radius 3 is 1.36 bits per heavy atom. The number of rotatable bonds is 24. The van der Waals surface area contributed by atoms with Gasteiger partial charge in [-0.2, -0.15) is 9.97 Å². The molecule has 0 amide bonds. The molecule has 4 aromatic carbocycles. The molecule has 2 aliphatic rings. The average Bonchev–Trinajstić information content (AvgIpc) is 0.802. The number of hydrogen-bond acceptors (Lipinski definition) is 20. The number of fused-ring (bicyclic) bond motifs is 2. The lowest BCUT2D eigenvalue weighted by molar-refractivity contribution is 0.255. The molecule has 2 saturated heterocycles. The van der Waals surface area contributed by atoms with E-state index >= 15 is 0 Å². The van der Waals surface area contributed by atoms with Crippen LogP contribution in [0.4, 0.5) is 40.3 Å². The van der Waals surface area contributed by atoms with Crippen LogP contribution in [0.3, 0.4) is 0 Å². The van der Waals surface area contributed by atoms with Crippen molar-refractivity contribution in [3.8, 4) is 11.5 Å². The van der Waals surface area contributed by atoms with Crippen LogP contribution in [0.1, 0.15) is 59.8 Å². The third-order valence-electron chi connectivity index (χ3n) is 17.6. The summed E-state index contributed by atoms with van der Waals surface area (Å²) in [5.74, 6) is 3.12. The number of methoxy groups -OCH3 is 2. The Kier molecular flexibility index (Phi) is 32.0. The molecule has 26 radical (unpaired) electrons. The maximum atomic E-state index is 12.2.